The zero-order valence-electron chi connectivity index (χ0n) is 26.8. The number of ketones is 2. The minimum atomic E-state index is -0.516. The number of nitrogens with zero attached hydrogens (tertiary/aromatic N) is 2. The number of Topliss-reactive ketones (excluding diaryl/α,β-unsaturated/α-hetero) is 2. The van der Waals surface area contributed by atoms with Crippen molar-refractivity contribution in [3.05, 3.63) is 62.3 Å². The van der Waals surface area contributed by atoms with Gasteiger partial charge < -0.3 is 25.1 Å². The van der Waals surface area contributed by atoms with Crippen molar-refractivity contribution in [3.63, 3.8) is 0 Å². The standard InChI is InChI=1S/C36H44N2O5/c1-33(2)9-13-37-14-10-34(3,4)23-26(37)19(33)17-18(28(23)39)20-29(40)21(30(20)41)22-31(42)24-27-25(32(22)43)36(7,8)12-16-38(27)15-11-35(24,5)6/h17,39-40,42H,9-16H2,1-8H3/b22-21-. The fraction of sp³-hybridized carbons (Fsp3) is 0.556. The normalized spacial score (nSPS) is 28.2. The van der Waals surface area contributed by atoms with E-state index < -0.39 is 16.6 Å². The summed E-state index contributed by atoms with van der Waals surface area (Å²) in [6.07, 6.45) is 3.38. The molecule has 0 amide bonds. The molecule has 4 heterocycles. The lowest BCUT2D eigenvalue weighted by molar-refractivity contribution is -0.115. The molecule has 4 aliphatic heterocycles. The lowest BCUT2D eigenvalue weighted by atomic mass is 9.62. The van der Waals surface area contributed by atoms with Gasteiger partial charge in [0.2, 0.25) is 5.78 Å². The molecule has 1 aromatic carbocycles. The van der Waals surface area contributed by atoms with Gasteiger partial charge in [-0.1, -0.05) is 55.4 Å². The van der Waals surface area contributed by atoms with Crippen LogP contribution < -0.4 is 4.90 Å². The van der Waals surface area contributed by atoms with Crippen LogP contribution in [0.25, 0.3) is 5.57 Å². The van der Waals surface area contributed by atoms with Crippen molar-refractivity contribution in [2.45, 2.75) is 91.9 Å². The van der Waals surface area contributed by atoms with Crippen molar-refractivity contribution in [1.82, 2.24) is 4.90 Å². The highest BCUT2D eigenvalue weighted by atomic mass is 16.3. The van der Waals surface area contributed by atoms with Crippen LogP contribution in [0, 0.1) is 10.8 Å². The molecule has 2 aliphatic carbocycles. The SMILES string of the molecule is CC1(C)CCN2CCC(C)(C)C3=C2C1=C(O)/C(=C1/C(=O)C(c2cc4c5c(c2O)C(C)(C)CCN5CCC4(C)C)=C1O)C3=O. The first-order chi connectivity index (χ1) is 19.9. The van der Waals surface area contributed by atoms with Crippen LogP contribution in [-0.2, 0) is 20.4 Å². The van der Waals surface area contributed by atoms with E-state index >= 15 is 0 Å². The Labute approximate surface area is 254 Å². The van der Waals surface area contributed by atoms with Crippen molar-refractivity contribution in [3.8, 4) is 5.75 Å². The number of carbonyl (C=O) groups excluding carboxylic acids is 2. The number of carbonyl (C=O) groups is 2. The molecule has 1 aromatic rings. The van der Waals surface area contributed by atoms with Crippen LogP contribution in [0.5, 0.6) is 5.75 Å². The Kier molecular flexibility index (Phi) is 5.50. The average molecular weight is 585 g/mol. The maximum Gasteiger partial charge on any atom is 0.202 e. The zero-order chi connectivity index (χ0) is 31.2. The van der Waals surface area contributed by atoms with E-state index in [1.807, 2.05) is 19.9 Å². The van der Waals surface area contributed by atoms with E-state index in [4.69, 9.17) is 0 Å². The third-order valence-corrected chi connectivity index (χ3v) is 11.5. The Morgan fingerprint density at radius 1 is 0.605 bits per heavy atom. The van der Waals surface area contributed by atoms with E-state index in [1.165, 1.54) is 0 Å². The number of anilines is 1. The van der Waals surface area contributed by atoms with Gasteiger partial charge in [0, 0.05) is 54.1 Å². The molecule has 1 saturated heterocycles. The average Bonchev–Trinajstić information content (AvgIpc) is 2.89. The number of piperidine rings is 1. The summed E-state index contributed by atoms with van der Waals surface area (Å²) in [5.74, 6) is -1.42. The summed E-state index contributed by atoms with van der Waals surface area (Å²) in [6.45, 7) is 20.2. The quantitative estimate of drug-likeness (QED) is 0.323. The van der Waals surface area contributed by atoms with Crippen LogP contribution in [0.1, 0.15) is 97.8 Å². The molecule has 0 bridgehead atoms. The van der Waals surface area contributed by atoms with Gasteiger partial charge >= 0.3 is 0 Å². The number of aliphatic hydroxyl groups excluding tert-OH is 2. The molecule has 0 unspecified atom stereocenters. The van der Waals surface area contributed by atoms with E-state index in [1.54, 1.807) is 0 Å². The molecule has 0 atom stereocenters. The van der Waals surface area contributed by atoms with E-state index in [9.17, 15) is 24.9 Å². The molecule has 43 heavy (non-hydrogen) atoms. The topological polar surface area (TPSA) is 101 Å². The van der Waals surface area contributed by atoms with Crippen molar-refractivity contribution in [1.29, 1.82) is 0 Å². The van der Waals surface area contributed by atoms with E-state index in [-0.39, 0.29) is 50.6 Å². The molecule has 1 fully saturated rings. The maximum atomic E-state index is 14.3. The first-order valence-electron chi connectivity index (χ1n) is 15.8. The number of rotatable bonds is 1. The number of hydrogen-bond acceptors (Lipinski definition) is 7. The molecule has 228 valence electrons. The van der Waals surface area contributed by atoms with Gasteiger partial charge in [0.15, 0.2) is 5.78 Å². The van der Waals surface area contributed by atoms with Crippen LogP contribution in [0.4, 0.5) is 5.69 Å². The molecule has 0 aromatic heterocycles. The number of phenolic OH excluding ortho intramolecular Hbond substituents is 1. The fourth-order valence-corrected chi connectivity index (χ4v) is 8.58. The van der Waals surface area contributed by atoms with Gasteiger partial charge in [-0.25, -0.2) is 0 Å². The first kappa shape index (κ1) is 28.3. The monoisotopic (exact) mass is 584 g/mol. The Morgan fingerprint density at radius 2 is 1.12 bits per heavy atom. The van der Waals surface area contributed by atoms with Gasteiger partial charge in [0.05, 0.1) is 22.4 Å². The molecular weight excluding hydrogens is 540 g/mol. The van der Waals surface area contributed by atoms with Gasteiger partial charge in [0.25, 0.3) is 0 Å². The van der Waals surface area contributed by atoms with Crippen molar-refractivity contribution < 1.29 is 24.9 Å². The number of phenols is 1. The molecule has 0 saturated carbocycles. The molecule has 7 heteroatoms. The Morgan fingerprint density at radius 3 is 1.72 bits per heavy atom. The summed E-state index contributed by atoms with van der Waals surface area (Å²) in [5.41, 5.74) is 3.72. The minimum absolute atomic E-state index is 0.0186. The molecule has 6 aliphatic rings. The Hall–Kier alpha value is -3.48. The summed E-state index contributed by atoms with van der Waals surface area (Å²) < 4.78 is 0. The summed E-state index contributed by atoms with van der Waals surface area (Å²) in [4.78, 5) is 33.0. The molecule has 0 spiro atoms. The Bertz CT molecular complexity index is 1690. The summed E-state index contributed by atoms with van der Waals surface area (Å²) in [7, 11) is 0. The van der Waals surface area contributed by atoms with Gasteiger partial charge in [-0.3, -0.25) is 9.59 Å². The van der Waals surface area contributed by atoms with Crippen LogP contribution in [0.15, 0.2) is 45.6 Å². The highest BCUT2D eigenvalue weighted by Gasteiger charge is 2.53. The van der Waals surface area contributed by atoms with Gasteiger partial charge in [0.1, 0.15) is 17.3 Å². The van der Waals surface area contributed by atoms with E-state index in [2.05, 4.69) is 51.3 Å². The maximum absolute atomic E-state index is 14.3. The van der Waals surface area contributed by atoms with Crippen LogP contribution in [-0.4, -0.2) is 58.0 Å². The van der Waals surface area contributed by atoms with Gasteiger partial charge in [-0.05, 0) is 59.0 Å². The number of aliphatic hydroxyl groups is 2. The number of hydrogen-bond donors (Lipinski definition) is 3. The molecule has 0 radical (unpaired) electrons. The van der Waals surface area contributed by atoms with Crippen LogP contribution >= 0.6 is 0 Å². The van der Waals surface area contributed by atoms with Gasteiger partial charge in [-0.2, -0.15) is 0 Å². The third kappa shape index (κ3) is 3.54. The summed E-state index contributed by atoms with van der Waals surface area (Å²) in [5, 5.41) is 35.2. The molecular formula is C36H44N2O5. The second-order valence-corrected chi connectivity index (χ2v) is 16.1. The summed E-state index contributed by atoms with van der Waals surface area (Å²) in [6, 6.07) is 1.88. The van der Waals surface area contributed by atoms with Crippen LogP contribution in [0.2, 0.25) is 0 Å². The summed E-state index contributed by atoms with van der Waals surface area (Å²) >= 11 is 0. The second-order valence-electron chi connectivity index (χ2n) is 16.1. The smallest absolute Gasteiger partial charge is 0.202 e. The second kappa shape index (κ2) is 8.36. The van der Waals surface area contributed by atoms with E-state index in [0.29, 0.717) is 16.7 Å². The van der Waals surface area contributed by atoms with Gasteiger partial charge in [-0.15, -0.1) is 0 Å². The first-order valence-corrected chi connectivity index (χ1v) is 15.8. The number of allylic oxidation sites excluding steroid dienone is 5. The Balaban J connectivity index is 1.47. The molecule has 7 nitrogen and oxygen atoms in total. The number of aromatic hydroxyl groups is 1. The fourth-order valence-electron chi connectivity index (χ4n) is 8.58. The van der Waals surface area contributed by atoms with Crippen molar-refractivity contribution in [2.24, 2.45) is 10.8 Å². The zero-order valence-corrected chi connectivity index (χ0v) is 26.8. The number of benzene rings is 1. The molecule has 3 N–H and O–H groups in total. The predicted molar refractivity (Wildman–Crippen MR) is 167 cm³/mol. The largest absolute Gasteiger partial charge is 0.507 e. The van der Waals surface area contributed by atoms with Crippen molar-refractivity contribution >= 4 is 22.8 Å². The van der Waals surface area contributed by atoms with E-state index in [0.717, 1.165) is 74.4 Å². The van der Waals surface area contributed by atoms with Crippen molar-refractivity contribution in [2.75, 3.05) is 31.1 Å². The highest BCUT2D eigenvalue weighted by molar-refractivity contribution is 6.42. The predicted octanol–water partition coefficient (Wildman–Crippen LogP) is 6.52. The third-order valence-electron chi connectivity index (χ3n) is 11.5. The van der Waals surface area contributed by atoms with Crippen LogP contribution in [0.3, 0.4) is 0 Å². The lowest BCUT2D eigenvalue weighted by Crippen LogP contribution is -2.49. The highest BCUT2D eigenvalue weighted by Crippen LogP contribution is 2.58. The minimum Gasteiger partial charge on any atom is -0.507 e. The lowest BCUT2D eigenvalue weighted by Gasteiger charge is -2.51. The molecule has 7 rings (SSSR count).